The molecule has 3 heterocycles. The van der Waals surface area contributed by atoms with E-state index < -0.39 is 24.5 Å². The molecule has 1 amide bonds. The van der Waals surface area contributed by atoms with E-state index in [9.17, 15) is 14.4 Å². The van der Waals surface area contributed by atoms with E-state index >= 15 is 0 Å². The average molecular weight is 442 g/mol. The third kappa shape index (κ3) is 3.82. The maximum atomic E-state index is 13.1. The highest BCUT2D eigenvalue weighted by Crippen LogP contribution is 2.27. The van der Waals surface area contributed by atoms with Crippen molar-refractivity contribution in [2.24, 2.45) is 0 Å². The Morgan fingerprint density at radius 2 is 1.79 bits per heavy atom. The average Bonchev–Trinajstić information content (AvgIpc) is 3.48. The monoisotopic (exact) mass is 442 g/mol. The van der Waals surface area contributed by atoms with E-state index in [-0.39, 0.29) is 18.1 Å². The molecule has 0 saturated heterocycles. The lowest BCUT2D eigenvalue weighted by Gasteiger charge is -2.34. The van der Waals surface area contributed by atoms with Crippen LogP contribution in [0.5, 0.6) is 0 Å². The second kappa shape index (κ2) is 8.43. The predicted molar refractivity (Wildman–Crippen MR) is 121 cm³/mol. The van der Waals surface area contributed by atoms with Gasteiger partial charge in [0.05, 0.1) is 6.26 Å². The number of benzene rings is 2. The molecule has 0 bridgehead atoms. The maximum Gasteiger partial charge on any atom is 0.329 e. The topological polar surface area (TPSA) is 92.6 Å². The van der Waals surface area contributed by atoms with E-state index in [1.165, 1.54) is 11.2 Å². The maximum absolute atomic E-state index is 13.1. The van der Waals surface area contributed by atoms with Crippen LogP contribution in [0.2, 0.25) is 0 Å². The van der Waals surface area contributed by atoms with Crippen molar-refractivity contribution in [1.82, 2.24) is 9.88 Å². The number of H-pyrrole nitrogens is 1. The van der Waals surface area contributed by atoms with Gasteiger partial charge in [0.1, 0.15) is 6.04 Å². The minimum atomic E-state index is -0.852. The largest absolute Gasteiger partial charge is 0.459 e. The number of aromatic amines is 1. The first-order valence-corrected chi connectivity index (χ1v) is 10.7. The molecule has 0 radical (unpaired) electrons. The molecular weight excluding hydrogens is 420 g/mol. The second-order valence-electron chi connectivity index (χ2n) is 8.10. The summed E-state index contributed by atoms with van der Waals surface area (Å²) >= 11 is 0. The van der Waals surface area contributed by atoms with Crippen molar-refractivity contribution < 1.29 is 23.5 Å². The molecule has 1 unspecified atom stereocenters. The Kier molecular flexibility index (Phi) is 5.30. The Bertz CT molecular complexity index is 1350. The number of amides is 1. The van der Waals surface area contributed by atoms with Crippen molar-refractivity contribution in [3.05, 3.63) is 95.1 Å². The van der Waals surface area contributed by atoms with Gasteiger partial charge < -0.3 is 19.0 Å². The molecule has 1 N–H and O–H groups in total. The minimum absolute atomic E-state index is 0.151. The number of hydrogen-bond donors (Lipinski definition) is 1. The number of furan rings is 1. The number of Topliss-reactive ketones (excluding diaryl/α,β-unsaturated/α-hetero) is 1. The number of carbonyl (C=O) groups excluding carboxylic acids is 3. The number of aryl methyl sites for hydroxylation is 1. The van der Waals surface area contributed by atoms with E-state index in [1.54, 1.807) is 12.1 Å². The summed E-state index contributed by atoms with van der Waals surface area (Å²) in [6.45, 7) is 1.67. The van der Waals surface area contributed by atoms with Gasteiger partial charge in [-0.15, -0.1) is 0 Å². The van der Waals surface area contributed by atoms with Gasteiger partial charge in [-0.2, -0.15) is 0 Å². The molecule has 7 nitrogen and oxygen atoms in total. The van der Waals surface area contributed by atoms with Crippen molar-refractivity contribution in [1.29, 1.82) is 0 Å². The summed E-state index contributed by atoms with van der Waals surface area (Å²) in [5.74, 6) is -1.15. The van der Waals surface area contributed by atoms with Gasteiger partial charge in [0, 0.05) is 35.1 Å². The van der Waals surface area contributed by atoms with Gasteiger partial charge in [-0.3, -0.25) is 9.59 Å². The molecule has 2 aromatic heterocycles. The highest BCUT2D eigenvalue weighted by atomic mass is 16.5. The molecule has 2 aromatic carbocycles. The van der Waals surface area contributed by atoms with E-state index in [0.29, 0.717) is 12.0 Å². The Labute approximate surface area is 190 Å². The molecule has 1 aliphatic heterocycles. The minimum Gasteiger partial charge on any atom is -0.459 e. The summed E-state index contributed by atoms with van der Waals surface area (Å²) in [5, 5.41) is 0.789. The number of para-hydroxylation sites is 1. The summed E-state index contributed by atoms with van der Waals surface area (Å²) in [4.78, 5) is 43.7. The molecule has 0 saturated carbocycles. The first kappa shape index (κ1) is 20.8. The van der Waals surface area contributed by atoms with Gasteiger partial charge in [-0.25, -0.2) is 4.79 Å². The summed E-state index contributed by atoms with van der Waals surface area (Å²) in [5.41, 5.74) is 4.02. The van der Waals surface area contributed by atoms with Crippen LogP contribution in [0.1, 0.15) is 37.7 Å². The van der Waals surface area contributed by atoms with Gasteiger partial charge in [-0.05, 0) is 36.2 Å². The fourth-order valence-electron chi connectivity index (χ4n) is 4.43. The summed E-state index contributed by atoms with van der Waals surface area (Å²) < 4.78 is 10.7. The number of nitrogens with one attached hydrogen (secondary N) is 1. The first-order chi connectivity index (χ1) is 16.0. The molecule has 1 atom stereocenters. The van der Waals surface area contributed by atoms with Gasteiger partial charge in [-0.1, -0.05) is 42.5 Å². The van der Waals surface area contributed by atoms with Crippen LogP contribution in [0.25, 0.3) is 10.9 Å². The smallest absolute Gasteiger partial charge is 0.329 e. The molecule has 0 spiro atoms. The molecule has 4 aromatic rings. The standard InChI is InChI=1S/C26H22N2O5/c1-16-24(19-9-4-5-10-20(19)27-16)22(29)15-33-26(31)21-13-17-7-2-3-8-18(17)14-28(21)25(30)23-11-6-12-32-23/h2-12,21,27H,13-15H2,1H3. The van der Waals surface area contributed by atoms with Crippen LogP contribution in [0.3, 0.4) is 0 Å². The van der Waals surface area contributed by atoms with Crippen molar-refractivity contribution in [2.75, 3.05) is 6.61 Å². The Hall–Kier alpha value is -4.13. The number of hydrogen-bond acceptors (Lipinski definition) is 5. The van der Waals surface area contributed by atoms with Gasteiger partial charge >= 0.3 is 5.97 Å². The Morgan fingerprint density at radius 1 is 1.03 bits per heavy atom. The Morgan fingerprint density at radius 3 is 2.58 bits per heavy atom. The van der Waals surface area contributed by atoms with Crippen molar-refractivity contribution >= 4 is 28.6 Å². The lowest BCUT2D eigenvalue weighted by Crippen LogP contribution is -2.49. The molecule has 7 heteroatoms. The fraction of sp³-hybridized carbons (Fsp3) is 0.192. The van der Waals surface area contributed by atoms with E-state index in [4.69, 9.17) is 9.15 Å². The number of fused-ring (bicyclic) bond motifs is 2. The number of esters is 1. The third-order valence-electron chi connectivity index (χ3n) is 6.03. The van der Waals surface area contributed by atoms with Gasteiger partial charge in [0.15, 0.2) is 12.4 Å². The second-order valence-corrected chi connectivity index (χ2v) is 8.10. The number of rotatable bonds is 5. The molecule has 166 valence electrons. The predicted octanol–water partition coefficient (Wildman–Crippen LogP) is 4.06. The highest BCUT2D eigenvalue weighted by molar-refractivity contribution is 6.10. The number of aromatic nitrogens is 1. The zero-order valence-corrected chi connectivity index (χ0v) is 18.0. The third-order valence-corrected chi connectivity index (χ3v) is 6.03. The van der Waals surface area contributed by atoms with E-state index in [2.05, 4.69) is 4.98 Å². The van der Waals surface area contributed by atoms with Crippen LogP contribution in [0.15, 0.2) is 71.3 Å². The van der Waals surface area contributed by atoms with Crippen LogP contribution in [-0.4, -0.2) is 40.2 Å². The van der Waals surface area contributed by atoms with Crippen LogP contribution in [0, 0.1) is 6.92 Å². The van der Waals surface area contributed by atoms with Crippen LogP contribution in [0.4, 0.5) is 0 Å². The van der Waals surface area contributed by atoms with E-state index in [0.717, 1.165) is 27.7 Å². The van der Waals surface area contributed by atoms with Gasteiger partial charge in [0.25, 0.3) is 5.91 Å². The molecule has 0 fully saturated rings. The lowest BCUT2D eigenvalue weighted by atomic mass is 9.93. The fourth-order valence-corrected chi connectivity index (χ4v) is 4.43. The van der Waals surface area contributed by atoms with Crippen LogP contribution in [-0.2, 0) is 22.5 Å². The summed E-state index contributed by atoms with van der Waals surface area (Å²) in [6.07, 6.45) is 1.72. The van der Waals surface area contributed by atoms with Gasteiger partial charge in [0.2, 0.25) is 5.78 Å². The normalized spacial score (nSPS) is 15.3. The first-order valence-electron chi connectivity index (χ1n) is 10.7. The molecule has 5 rings (SSSR count). The molecule has 1 aliphatic rings. The Balaban J connectivity index is 1.37. The van der Waals surface area contributed by atoms with Crippen molar-refractivity contribution in [3.63, 3.8) is 0 Å². The highest BCUT2D eigenvalue weighted by Gasteiger charge is 2.37. The lowest BCUT2D eigenvalue weighted by molar-refractivity contribution is -0.148. The molecule has 0 aliphatic carbocycles. The van der Waals surface area contributed by atoms with Crippen LogP contribution < -0.4 is 0 Å². The SMILES string of the molecule is Cc1[nH]c2ccccc2c1C(=O)COC(=O)C1Cc2ccccc2CN1C(=O)c1ccco1. The zero-order chi connectivity index (χ0) is 22.9. The van der Waals surface area contributed by atoms with Crippen LogP contribution >= 0.6 is 0 Å². The zero-order valence-electron chi connectivity index (χ0n) is 18.0. The summed E-state index contributed by atoms with van der Waals surface area (Å²) in [6, 6.07) is 17.5. The summed E-state index contributed by atoms with van der Waals surface area (Å²) in [7, 11) is 0. The van der Waals surface area contributed by atoms with E-state index in [1.807, 2.05) is 55.5 Å². The number of ketones is 1. The quantitative estimate of drug-likeness (QED) is 0.372. The van der Waals surface area contributed by atoms with Crippen molar-refractivity contribution in [2.45, 2.75) is 25.9 Å². The van der Waals surface area contributed by atoms with Crippen molar-refractivity contribution in [3.8, 4) is 0 Å². The molecule has 33 heavy (non-hydrogen) atoms. The molecular formula is C26H22N2O5. The number of carbonyl (C=O) groups is 3. The number of nitrogens with zero attached hydrogens (tertiary/aromatic N) is 1. The number of ether oxygens (including phenoxy) is 1.